The standard InChI is InChI=1S/C7H16N2O4S/c1-6(10)8-4-7(11)5-9(2)14(3,12)13/h7,11H,4-5H2,1-3H3,(H,8,10). The van der Waals surface area contributed by atoms with E-state index in [1.54, 1.807) is 0 Å². The van der Waals surface area contributed by atoms with Crippen LogP contribution in [0, 0.1) is 0 Å². The minimum atomic E-state index is -3.28. The minimum Gasteiger partial charge on any atom is -0.390 e. The summed E-state index contributed by atoms with van der Waals surface area (Å²) >= 11 is 0. The number of likely N-dealkylation sites (N-methyl/N-ethyl adjacent to an activating group) is 1. The van der Waals surface area contributed by atoms with Gasteiger partial charge in [-0.25, -0.2) is 12.7 Å². The van der Waals surface area contributed by atoms with Crippen LogP contribution in [-0.2, 0) is 14.8 Å². The Balaban J connectivity index is 3.95. The van der Waals surface area contributed by atoms with Gasteiger partial charge in [0.1, 0.15) is 0 Å². The zero-order valence-corrected chi connectivity index (χ0v) is 9.34. The van der Waals surface area contributed by atoms with Crippen molar-refractivity contribution in [3.8, 4) is 0 Å². The molecule has 0 rings (SSSR count). The van der Waals surface area contributed by atoms with Gasteiger partial charge in [-0.2, -0.15) is 0 Å². The van der Waals surface area contributed by atoms with Crippen molar-refractivity contribution >= 4 is 15.9 Å². The van der Waals surface area contributed by atoms with Gasteiger partial charge in [-0.1, -0.05) is 0 Å². The summed E-state index contributed by atoms with van der Waals surface area (Å²) in [7, 11) is -1.91. The fourth-order valence-electron chi connectivity index (χ4n) is 0.758. The molecule has 0 aromatic carbocycles. The van der Waals surface area contributed by atoms with Crippen molar-refractivity contribution in [2.24, 2.45) is 0 Å². The van der Waals surface area contributed by atoms with E-state index in [0.717, 1.165) is 10.6 Å². The Kier molecular flexibility index (Phi) is 5.03. The molecule has 1 atom stereocenters. The van der Waals surface area contributed by atoms with Crippen molar-refractivity contribution in [3.63, 3.8) is 0 Å². The molecule has 0 radical (unpaired) electrons. The van der Waals surface area contributed by atoms with Crippen molar-refractivity contribution in [3.05, 3.63) is 0 Å². The predicted molar refractivity (Wildman–Crippen MR) is 52.2 cm³/mol. The van der Waals surface area contributed by atoms with Crippen LogP contribution < -0.4 is 5.32 Å². The average Bonchev–Trinajstić information content (AvgIpc) is 1.99. The number of hydrogen-bond donors (Lipinski definition) is 2. The van der Waals surface area contributed by atoms with Crippen LogP contribution in [0.25, 0.3) is 0 Å². The average molecular weight is 224 g/mol. The van der Waals surface area contributed by atoms with Gasteiger partial charge in [-0.3, -0.25) is 4.79 Å². The van der Waals surface area contributed by atoms with Gasteiger partial charge >= 0.3 is 0 Å². The fraction of sp³-hybridized carbons (Fsp3) is 0.857. The van der Waals surface area contributed by atoms with Crippen LogP contribution in [0.4, 0.5) is 0 Å². The zero-order valence-electron chi connectivity index (χ0n) is 8.52. The highest BCUT2D eigenvalue weighted by atomic mass is 32.2. The van der Waals surface area contributed by atoms with Gasteiger partial charge in [-0.15, -0.1) is 0 Å². The molecular weight excluding hydrogens is 208 g/mol. The number of hydrogen-bond acceptors (Lipinski definition) is 4. The largest absolute Gasteiger partial charge is 0.390 e. The lowest BCUT2D eigenvalue weighted by Gasteiger charge is -2.18. The molecule has 0 spiro atoms. The van der Waals surface area contributed by atoms with Gasteiger partial charge in [-0.05, 0) is 0 Å². The Bertz CT molecular complexity index is 288. The van der Waals surface area contributed by atoms with Crippen molar-refractivity contribution in [1.82, 2.24) is 9.62 Å². The van der Waals surface area contributed by atoms with E-state index in [-0.39, 0.29) is 19.0 Å². The highest BCUT2D eigenvalue weighted by Crippen LogP contribution is 1.94. The first-order valence-corrected chi connectivity index (χ1v) is 5.92. The first-order valence-electron chi connectivity index (χ1n) is 4.07. The predicted octanol–water partition coefficient (Wildman–Crippen LogP) is -1.63. The number of aliphatic hydroxyl groups excluding tert-OH is 1. The Hall–Kier alpha value is -0.660. The lowest BCUT2D eigenvalue weighted by molar-refractivity contribution is -0.119. The second-order valence-electron chi connectivity index (χ2n) is 3.13. The molecule has 0 bridgehead atoms. The number of nitrogens with zero attached hydrogens (tertiary/aromatic N) is 1. The lowest BCUT2D eigenvalue weighted by Crippen LogP contribution is -2.40. The van der Waals surface area contributed by atoms with Crippen LogP contribution >= 0.6 is 0 Å². The summed E-state index contributed by atoms with van der Waals surface area (Å²) in [6, 6.07) is 0. The number of nitrogens with one attached hydrogen (secondary N) is 1. The summed E-state index contributed by atoms with van der Waals surface area (Å²) < 4.78 is 22.9. The smallest absolute Gasteiger partial charge is 0.216 e. The molecule has 0 fully saturated rings. The molecule has 7 heteroatoms. The minimum absolute atomic E-state index is 0.0287. The number of sulfonamides is 1. The molecule has 0 aromatic heterocycles. The molecule has 14 heavy (non-hydrogen) atoms. The molecular formula is C7H16N2O4S. The van der Waals surface area contributed by atoms with Crippen LogP contribution in [0.2, 0.25) is 0 Å². The lowest BCUT2D eigenvalue weighted by atomic mass is 10.3. The van der Waals surface area contributed by atoms with Crippen molar-refractivity contribution in [1.29, 1.82) is 0 Å². The SMILES string of the molecule is CC(=O)NCC(O)CN(C)S(C)(=O)=O. The molecule has 84 valence electrons. The second kappa shape index (κ2) is 5.28. The van der Waals surface area contributed by atoms with Gasteiger partial charge in [0.05, 0.1) is 12.4 Å². The van der Waals surface area contributed by atoms with Gasteiger partial charge in [0.25, 0.3) is 0 Å². The first-order chi connectivity index (χ1) is 6.23. The van der Waals surface area contributed by atoms with E-state index < -0.39 is 16.1 Å². The number of aliphatic hydroxyl groups is 1. The molecule has 0 saturated heterocycles. The molecule has 0 saturated carbocycles. The van der Waals surface area contributed by atoms with Gasteiger partial charge in [0, 0.05) is 27.1 Å². The molecule has 0 aliphatic heterocycles. The Labute approximate surface area is 84.0 Å². The molecule has 1 amide bonds. The van der Waals surface area contributed by atoms with Gasteiger partial charge < -0.3 is 10.4 Å². The maximum absolute atomic E-state index is 10.9. The second-order valence-corrected chi connectivity index (χ2v) is 5.22. The maximum atomic E-state index is 10.9. The van der Waals surface area contributed by atoms with E-state index >= 15 is 0 Å². The van der Waals surface area contributed by atoms with Crippen LogP contribution in [0.5, 0.6) is 0 Å². The van der Waals surface area contributed by atoms with Crippen LogP contribution in [0.1, 0.15) is 6.92 Å². The topological polar surface area (TPSA) is 86.7 Å². The quantitative estimate of drug-likeness (QED) is 0.587. The highest BCUT2D eigenvalue weighted by Gasteiger charge is 2.15. The summed E-state index contributed by atoms with van der Waals surface area (Å²) in [6.45, 7) is 1.35. The van der Waals surface area contributed by atoms with Crippen molar-refractivity contribution in [2.45, 2.75) is 13.0 Å². The third-order valence-electron chi connectivity index (χ3n) is 1.62. The van der Waals surface area contributed by atoms with E-state index in [1.807, 2.05) is 0 Å². The van der Waals surface area contributed by atoms with E-state index in [4.69, 9.17) is 0 Å². The summed E-state index contributed by atoms with van der Waals surface area (Å²) in [6.07, 6.45) is 0.164. The number of rotatable bonds is 5. The van der Waals surface area contributed by atoms with Crippen LogP contribution in [0.15, 0.2) is 0 Å². The van der Waals surface area contributed by atoms with Crippen molar-refractivity contribution in [2.75, 3.05) is 26.4 Å². The van der Waals surface area contributed by atoms with Gasteiger partial charge in [0.2, 0.25) is 15.9 Å². The molecule has 1 unspecified atom stereocenters. The van der Waals surface area contributed by atoms with Crippen LogP contribution in [0.3, 0.4) is 0 Å². The monoisotopic (exact) mass is 224 g/mol. The van der Waals surface area contributed by atoms with E-state index in [1.165, 1.54) is 14.0 Å². The molecule has 2 N–H and O–H groups in total. The number of carbonyl (C=O) groups excluding carboxylic acids is 1. The molecule has 0 aliphatic carbocycles. The number of carbonyl (C=O) groups is 1. The molecule has 0 aromatic rings. The van der Waals surface area contributed by atoms with E-state index in [2.05, 4.69) is 5.32 Å². The summed E-state index contributed by atoms with van der Waals surface area (Å²) in [4.78, 5) is 10.5. The highest BCUT2D eigenvalue weighted by molar-refractivity contribution is 7.88. The van der Waals surface area contributed by atoms with E-state index in [9.17, 15) is 18.3 Å². The summed E-state index contributed by atoms with van der Waals surface area (Å²) in [5, 5.41) is 11.7. The van der Waals surface area contributed by atoms with Crippen molar-refractivity contribution < 1.29 is 18.3 Å². The third-order valence-corrected chi connectivity index (χ3v) is 2.90. The third kappa shape index (κ3) is 5.90. The molecule has 6 nitrogen and oxygen atoms in total. The Morgan fingerprint density at radius 1 is 1.57 bits per heavy atom. The summed E-state index contributed by atoms with van der Waals surface area (Å²) in [5.74, 6) is -0.258. The van der Waals surface area contributed by atoms with Crippen LogP contribution in [-0.4, -0.2) is 56.2 Å². The number of amides is 1. The first kappa shape index (κ1) is 13.3. The fourth-order valence-corrected chi connectivity index (χ4v) is 1.20. The Morgan fingerprint density at radius 3 is 2.43 bits per heavy atom. The zero-order chi connectivity index (χ0) is 11.4. The maximum Gasteiger partial charge on any atom is 0.216 e. The molecule has 0 aliphatic rings. The van der Waals surface area contributed by atoms with E-state index in [0.29, 0.717) is 0 Å². The van der Waals surface area contributed by atoms with Gasteiger partial charge in [0.15, 0.2) is 0 Å². The molecule has 0 heterocycles. The normalized spacial score (nSPS) is 14.1. The Morgan fingerprint density at radius 2 is 2.07 bits per heavy atom. The summed E-state index contributed by atoms with van der Waals surface area (Å²) in [5.41, 5.74) is 0.